The molecule has 2 unspecified atom stereocenters. The lowest BCUT2D eigenvalue weighted by molar-refractivity contribution is -0.0499. The number of aryl methyl sites for hydroxylation is 1. The van der Waals surface area contributed by atoms with Crippen molar-refractivity contribution in [1.82, 2.24) is 15.1 Å². The highest BCUT2D eigenvalue weighted by Crippen LogP contribution is 2.22. The normalized spacial score (nSPS) is 14.0. The van der Waals surface area contributed by atoms with Gasteiger partial charge in [0.25, 0.3) is 0 Å². The monoisotopic (exact) mass is 325 g/mol. The molecule has 0 amide bonds. The highest BCUT2D eigenvalue weighted by molar-refractivity contribution is 5.30. The van der Waals surface area contributed by atoms with Crippen LogP contribution in [0.5, 0.6) is 5.75 Å². The molecule has 23 heavy (non-hydrogen) atoms. The lowest BCUT2D eigenvalue weighted by atomic mass is 10.1. The largest absolute Gasteiger partial charge is 0.435 e. The Hall–Kier alpha value is -1.99. The predicted molar refractivity (Wildman–Crippen MR) is 82.3 cm³/mol. The molecule has 0 saturated heterocycles. The minimum atomic E-state index is -2.88. The van der Waals surface area contributed by atoms with E-state index < -0.39 is 12.7 Å². The van der Waals surface area contributed by atoms with Crippen LogP contribution in [0.4, 0.5) is 8.78 Å². The number of nitrogens with zero attached hydrogens (tertiary/aromatic N) is 2. The van der Waals surface area contributed by atoms with Crippen LogP contribution < -0.4 is 10.1 Å². The topological polar surface area (TPSA) is 59.3 Å². The SMILES string of the molecule is CCC(NCC(O)c1cccc(OC(F)F)c1)c1cnn(C)c1. The molecule has 0 aliphatic heterocycles. The first-order valence-corrected chi connectivity index (χ1v) is 7.44. The van der Waals surface area contributed by atoms with Gasteiger partial charge in [0.1, 0.15) is 5.75 Å². The molecule has 0 radical (unpaired) electrons. The Morgan fingerprint density at radius 1 is 1.35 bits per heavy atom. The van der Waals surface area contributed by atoms with E-state index in [9.17, 15) is 13.9 Å². The first-order valence-electron chi connectivity index (χ1n) is 7.44. The summed E-state index contributed by atoms with van der Waals surface area (Å²) in [6.45, 7) is -0.546. The molecule has 1 heterocycles. The molecule has 2 atom stereocenters. The van der Waals surface area contributed by atoms with Gasteiger partial charge in [0.05, 0.1) is 12.3 Å². The summed E-state index contributed by atoms with van der Waals surface area (Å²) in [5.74, 6) is 0.0378. The number of hydrogen-bond acceptors (Lipinski definition) is 4. The quantitative estimate of drug-likeness (QED) is 0.783. The summed E-state index contributed by atoms with van der Waals surface area (Å²) in [5, 5.41) is 17.7. The first-order chi connectivity index (χ1) is 11.0. The van der Waals surface area contributed by atoms with Crippen molar-refractivity contribution in [3.63, 3.8) is 0 Å². The maximum Gasteiger partial charge on any atom is 0.387 e. The van der Waals surface area contributed by atoms with Gasteiger partial charge < -0.3 is 15.2 Å². The fourth-order valence-corrected chi connectivity index (χ4v) is 2.39. The number of ether oxygens (including phenoxy) is 1. The zero-order valence-corrected chi connectivity index (χ0v) is 13.1. The molecule has 2 N–H and O–H groups in total. The van der Waals surface area contributed by atoms with E-state index in [1.165, 1.54) is 12.1 Å². The molecule has 126 valence electrons. The van der Waals surface area contributed by atoms with Crippen LogP contribution >= 0.6 is 0 Å². The summed E-state index contributed by atoms with van der Waals surface area (Å²) >= 11 is 0. The van der Waals surface area contributed by atoms with Gasteiger partial charge in [0.15, 0.2) is 0 Å². The van der Waals surface area contributed by atoms with Gasteiger partial charge in [0.2, 0.25) is 0 Å². The van der Waals surface area contributed by atoms with Crippen molar-refractivity contribution in [3.8, 4) is 5.75 Å². The van der Waals surface area contributed by atoms with Crippen molar-refractivity contribution in [2.45, 2.75) is 32.1 Å². The van der Waals surface area contributed by atoms with Gasteiger partial charge >= 0.3 is 6.61 Å². The molecular formula is C16H21F2N3O2. The van der Waals surface area contributed by atoms with Gasteiger partial charge in [0, 0.05) is 31.4 Å². The zero-order chi connectivity index (χ0) is 16.8. The van der Waals surface area contributed by atoms with Gasteiger partial charge in [-0.15, -0.1) is 0 Å². The Morgan fingerprint density at radius 2 is 2.13 bits per heavy atom. The van der Waals surface area contributed by atoms with E-state index in [2.05, 4.69) is 15.2 Å². The summed E-state index contributed by atoms with van der Waals surface area (Å²) < 4.78 is 30.5. The number of aliphatic hydroxyl groups is 1. The average Bonchev–Trinajstić information content (AvgIpc) is 2.93. The van der Waals surface area contributed by atoms with Crippen molar-refractivity contribution >= 4 is 0 Å². The highest BCUT2D eigenvalue weighted by Gasteiger charge is 2.15. The van der Waals surface area contributed by atoms with Crippen LogP contribution in [0.2, 0.25) is 0 Å². The van der Waals surface area contributed by atoms with Crippen molar-refractivity contribution in [3.05, 3.63) is 47.8 Å². The van der Waals surface area contributed by atoms with Gasteiger partial charge in [-0.1, -0.05) is 19.1 Å². The summed E-state index contributed by atoms with van der Waals surface area (Å²) in [4.78, 5) is 0. The maximum atomic E-state index is 12.2. The van der Waals surface area contributed by atoms with E-state index in [1.54, 1.807) is 23.0 Å². The molecule has 0 spiro atoms. The van der Waals surface area contributed by atoms with Crippen molar-refractivity contribution in [1.29, 1.82) is 0 Å². The second-order valence-electron chi connectivity index (χ2n) is 5.28. The molecule has 5 nitrogen and oxygen atoms in total. The average molecular weight is 325 g/mol. The number of halogens is 2. The van der Waals surface area contributed by atoms with E-state index >= 15 is 0 Å². The highest BCUT2D eigenvalue weighted by atomic mass is 19.3. The number of nitrogens with one attached hydrogen (secondary N) is 1. The number of rotatable bonds is 8. The Labute approximate surface area is 133 Å². The second-order valence-corrected chi connectivity index (χ2v) is 5.28. The molecule has 7 heteroatoms. The smallest absolute Gasteiger partial charge is 0.387 e. The molecular weight excluding hydrogens is 304 g/mol. The van der Waals surface area contributed by atoms with E-state index in [0.717, 1.165) is 12.0 Å². The fourth-order valence-electron chi connectivity index (χ4n) is 2.39. The lowest BCUT2D eigenvalue weighted by Crippen LogP contribution is -2.26. The molecule has 0 bridgehead atoms. The van der Waals surface area contributed by atoms with E-state index in [-0.39, 0.29) is 11.8 Å². The molecule has 1 aromatic carbocycles. The Balaban J connectivity index is 1.97. The summed E-state index contributed by atoms with van der Waals surface area (Å²) in [5.41, 5.74) is 1.56. The van der Waals surface area contributed by atoms with Crippen LogP contribution in [-0.4, -0.2) is 28.0 Å². The van der Waals surface area contributed by atoms with Gasteiger partial charge in [-0.3, -0.25) is 4.68 Å². The maximum absolute atomic E-state index is 12.2. The minimum absolute atomic E-state index is 0.0378. The number of aliphatic hydroxyl groups excluding tert-OH is 1. The van der Waals surface area contributed by atoms with Gasteiger partial charge in [-0.2, -0.15) is 13.9 Å². The Morgan fingerprint density at radius 3 is 2.74 bits per heavy atom. The summed E-state index contributed by atoms with van der Waals surface area (Å²) in [7, 11) is 1.85. The van der Waals surface area contributed by atoms with E-state index in [0.29, 0.717) is 12.1 Å². The zero-order valence-electron chi connectivity index (χ0n) is 13.1. The number of hydrogen-bond donors (Lipinski definition) is 2. The van der Waals surface area contributed by atoms with Gasteiger partial charge in [-0.25, -0.2) is 0 Å². The van der Waals surface area contributed by atoms with Gasteiger partial charge in [-0.05, 0) is 24.1 Å². The standard InChI is InChI=1S/C16H21F2N3O2/c1-3-14(12-8-20-21(2)10-12)19-9-15(22)11-5-4-6-13(7-11)23-16(17)18/h4-8,10,14-16,19,22H,3,9H2,1-2H3. The van der Waals surface area contributed by atoms with Crippen molar-refractivity contribution < 1.29 is 18.6 Å². The Kier molecular flexibility index (Phi) is 6.06. The number of aromatic nitrogens is 2. The van der Waals surface area contributed by atoms with Crippen LogP contribution in [-0.2, 0) is 7.05 Å². The summed E-state index contributed by atoms with van der Waals surface area (Å²) in [6, 6.07) is 6.17. The third-order valence-electron chi connectivity index (χ3n) is 3.56. The molecule has 0 fully saturated rings. The van der Waals surface area contributed by atoms with E-state index in [1.807, 2.05) is 20.2 Å². The van der Waals surface area contributed by atoms with Crippen molar-refractivity contribution in [2.75, 3.05) is 6.54 Å². The van der Waals surface area contributed by atoms with Crippen LogP contribution in [0.1, 0.15) is 36.6 Å². The molecule has 2 aromatic rings. The van der Waals surface area contributed by atoms with Crippen LogP contribution in [0.3, 0.4) is 0 Å². The molecule has 0 aliphatic rings. The molecule has 2 rings (SSSR count). The fraction of sp³-hybridized carbons (Fsp3) is 0.438. The second kappa shape index (κ2) is 8.03. The minimum Gasteiger partial charge on any atom is -0.435 e. The molecule has 1 aromatic heterocycles. The number of alkyl halides is 2. The third kappa shape index (κ3) is 5.01. The van der Waals surface area contributed by atoms with Crippen LogP contribution in [0, 0.1) is 0 Å². The molecule has 0 saturated carbocycles. The van der Waals surface area contributed by atoms with Crippen LogP contribution in [0.15, 0.2) is 36.7 Å². The van der Waals surface area contributed by atoms with Crippen LogP contribution in [0.25, 0.3) is 0 Å². The summed E-state index contributed by atoms with van der Waals surface area (Å²) in [6.07, 6.45) is 3.73. The predicted octanol–water partition coefficient (Wildman–Crippen LogP) is 2.80. The Bertz CT molecular complexity index is 619. The molecule has 0 aliphatic carbocycles. The lowest BCUT2D eigenvalue weighted by Gasteiger charge is -2.19. The number of benzene rings is 1. The van der Waals surface area contributed by atoms with Crippen molar-refractivity contribution in [2.24, 2.45) is 7.05 Å². The van der Waals surface area contributed by atoms with E-state index in [4.69, 9.17) is 0 Å². The third-order valence-corrected chi connectivity index (χ3v) is 3.56. The first kappa shape index (κ1) is 17.4.